The van der Waals surface area contributed by atoms with E-state index in [4.69, 9.17) is 27.9 Å². The second-order valence-corrected chi connectivity index (χ2v) is 12.0. The number of aromatic nitrogens is 1. The van der Waals surface area contributed by atoms with Crippen LogP contribution in [0.2, 0.25) is 10.0 Å². The first-order valence-electron chi connectivity index (χ1n) is 11.6. The van der Waals surface area contributed by atoms with Gasteiger partial charge in [0.1, 0.15) is 22.2 Å². The van der Waals surface area contributed by atoms with Crippen LogP contribution in [0.15, 0.2) is 62.3 Å². The summed E-state index contributed by atoms with van der Waals surface area (Å²) in [5.41, 5.74) is 5.10. The van der Waals surface area contributed by atoms with E-state index in [0.29, 0.717) is 17.2 Å². The van der Waals surface area contributed by atoms with E-state index in [1.54, 1.807) is 12.1 Å². The Morgan fingerprint density at radius 2 is 2.05 bits per heavy atom. The minimum absolute atomic E-state index is 0.00589. The number of benzene rings is 2. The van der Waals surface area contributed by atoms with Crippen molar-refractivity contribution < 1.29 is 17.5 Å². The summed E-state index contributed by atoms with van der Waals surface area (Å²) < 4.78 is 48.4. The quantitative estimate of drug-likeness (QED) is 0.325. The molecule has 1 aromatic heterocycles. The molecule has 5 rings (SSSR count). The number of aryl methyl sites for hydroxylation is 1. The normalized spacial score (nSPS) is 15.8. The summed E-state index contributed by atoms with van der Waals surface area (Å²) in [5.74, 6) is -0.406. The highest BCUT2D eigenvalue weighted by molar-refractivity contribution is 7.92. The summed E-state index contributed by atoms with van der Waals surface area (Å²) in [6.45, 7) is 3.68. The number of thiazole rings is 1. The Bertz CT molecular complexity index is 1480. The van der Waals surface area contributed by atoms with Crippen LogP contribution in [-0.2, 0) is 16.4 Å². The zero-order valence-corrected chi connectivity index (χ0v) is 22.7. The molecule has 0 saturated carbocycles. The first-order valence-corrected chi connectivity index (χ1v) is 14.8. The van der Waals surface area contributed by atoms with Gasteiger partial charge in [-0.15, -0.1) is 11.3 Å². The SMILES string of the molecule is O=S(=O)(Nc1cscn1)c1cc(Cl)c(Oc2ccc(Cl)cc2CCCN2CCC3=C(C=NC3)C2)cc1F. The average Bonchev–Trinajstić information content (AvgIpc) is 3.54. The molecule has 7 nitrogen and oxygen atoms in total. The van der Waals surface area contributed by atoms with Gasteiger partial charge >= 0.3 is 0 Å². The van der Waals surface area contributed by atoms with Crippen molar-refractivity contribution in [2.24, 2.45) is 4.99 Å². The maximum absolute atomic E-state index is 14.9. The van der Waals surface area contributed by atoms with E-state index in [2.05, 4.69) is 19.6 Å². The molecule has 3 heterocycles. The van der Waals surface area contributed by atoms with E-state index in [1.165, 1.54) is 33.4 Å². The molecule has 0 unspecified atom stereocenters. The molecule has 12 heteroatoms. The van der Waals surface area contributed by atoms with Crippen LogP contribution in [0.3, 0.4) is 0 Å². The highest BCUT2D eigenvalue weighted by Gasteiger charge is 2.24. The summed E-state index contributed by atoms with van der Waals surface area (Å²) in [4.78, 5) is 10.0. The number of rotatable bonds is 9. The fourth-order valence-electron chi connectivity index (χ4n) is 4.36. The number of nitrogens with zero attached hydrogens (tertiary/aromatic N) is 3. The maximum atomic E-state index is 14.9. The Morgan fingerprint density at radius 1 is 1.19 bits per heavy atom. The third-order valence-electron chi connectivity index (χ3n) is 6.22. The minimum atomic E-state index is -4.22. The van der Waals surface area contributed by atoms with Crippen molar-refractivity contribution in [2.75, 3.05) is 30.9 Å². The number of halogens is 3. The van der Waals surface area contributed by atoms with Crippen LogP contribution in [0, 0.1) is 5.82 Å². The van der Waals surface area contributed by atoms with E-state index in [9.17, 15) is 12.8 Å². The number of hydrogen-bond donors (Lipinski definition) is 1. The Morgan fingerprint density at radius 3 is 2.86 bits per heavy atom. The van der Waals surface area contributed by atoms with E-state index < -0.39 is 20.7 Å². The van der Waals surface area contributed by atoms with Crippen molar-refractivity contribution in [1.82, 2.24) is 9.88 Å². The molecular formula is C25H23Cl2FN4O3S2. The van der Waals surface area contributed by atoms with Crippen molar-refractivity contribution in [2.45, 2.75) is 24.2 Å². The second kappa shape index (κ2) is 11.1. The molecule has 0 atom stereocenters. The van der Waals surface area contributed by atoms with Crippen LogP contribution in [0.4, 0.5) is 10.2 Å². The van der Waals surface area contributed by atoms with Gasteiger partial charge in [-0.05, 0) is 66.8 Å². The number of sulfonamides is 1. The smallest absolute Gasteiger partial charge is 0.266 e. The molecule has 2 aliphatic heterocycles. The predicted octanol–water partition coefficient (Wildman–Crippen LogP) is 6.20. The maximum Gasteiger partial charge on any atom is 0.266 e. The van der Waals surface area contributed by atoms with Crippen LogP contribution in [0.1, 0.15) is 18.4 Å². The molecule has 2 aliphatic rings. The molecule has 0 fully saturated rings. The zero-order chi connectivity index (χ0) is 26.0. The lowest BCUT2D eigenvalue weighted by atomic mass is 10.0. The topological polar surface area (TPSA) is 83.9 Å². The van der Waals surface area contributed by atoms with Gasteiger partial charge in [-0.3, -0.25) is 14.6 Å². The average molecular weight is 582 g/mol. The van der Waals surface area contributed by atoms with E-state index >= 15 is 0 Å². The minimum Gasteiger partial charge on any atom is -0.455 e. The number of anilines is 1. The second-order valence-electron chi connectivity index (χ2n) is 8.77. The Hall–Kier alpha value is -2.50. The molecule has 0 aliphatic carbocycles. The molecular weight excluding hydrogens is 558 g/mol. The Kier molecular flexibility index (Phi) is 7.83. The van der Waals surface area contributed by atoms with Gasteiger partial charge in [-0.2, -0.15) is 0 Å². The first-order chi connectivity index (χ1) is 17.8. The van der Waals surface area contributed by atoms with E-state index in [-0.39, 0.29) is 16.6 Å². The lowest BCUT2D eigenvalue weighted by molar-refractivity contribution is 0.286. The number of hydrogen-bond acceptors (Lipinski definition) is 7. The van der Waals surface area contributed by atoms with Crippen LogP contribution < -0.4 is 9.46 Å². The van der Waals surface area contributed by atoms with Crippen LogP contribution >= 0.6 is 34.5 Å². The fraction of sp³-hybridized carbons (Fsp3) is 0.280. The molecule has 0 radical (unpaired) electrons. The van der Waals surface area contributed by atoms with Gasteiger partial charge in [-0.1, -0.05) is 23.2 Å². The Labute approximate surface area is 228 Å². The zero-order valence-electron chi connectivity index (χ0n) is 19.6. The molecule has 3 aromatic rings. The molecule has 0 amide bonds. The van der Waals surface area contributed by atoms with E-state index in [1.807, 2.05) is 12.3 Å². The molecule has 0 spiro atoms. The molecule has 0 saturated heterocycles. The highest BCUT2D eigenvalue weighted by atomic mass is 35.5. The largest absolute Gasteiger partial charge is 0.455 e. The summed E-state index contributed by atoms with van der Waals surface area (Å²) in [6, 6.07) is 7.20. The fourth-order valence-corrected chi connectivity index (χ4v) is 6.47. The molecule has 37 heavy (non-hydrogen) atoms. The van der Waals surface area contributed by atoms with Crippen LogP contribution in [0.25, 0.3) is 0 Å². The summed E-state index contributed by atoms with van der Waals surface area (Å²) in [6.07, 6.45) is 4.60. The highest BCUT2D eigenvalue weighted by Crippen LogP contribution is 2.36. The standard InChI is InChI=1S/C25H23Cl2FN4O3S2/c26-19-3-4-22(16(8-19)2-1-6-32-7-5-17-11-29-12-18(17)13-32)35-23-10-21(28)24(9-20(23)27)37(33,34)31-25-14-36-15-30-25/h3-4,8-10,12,14-15,31H,1-2,5-7,11,13H2. The van der Waals surface area contributed by atoms with Crippen molar-refractivity contribution in [3.05, 3.63) is 73.8 Å². The monoisotopic (exact) mass is 580 g/mol. The van der Waals surface area contributed by atoms with Gasteiger partial charge in [0, 0.05) is 35.8 Å². The summed E-state index contributed by atoms with van der Waals surface area (Å²) in [7, 11) is -4.22. The van der Waals surface area contributed by atoms with Crippen molar-refractivity contribution in [1.29, 1.82) is 0 Å². The van der Waals surface area contributed by atoms with Gasteiger partial charge in [0.2, 0.25) is 0 Å². The molecule has 194 valence electrons. The van der Waals surface area contributed by atoms with Gasteiger partial charge < -0.3 is 4.74 Å². The van der Waals surface area contributed by atoms with Gasteiger partial charge in [0.25, 0.3) is 10.0 Å². The summed E-state index contributed by atoms with van der Waals surface area (Å²) in [5, 5.41) is 2.01. The molecule has 1 N–H and O–H groups in total. The van der Waals surface area contributed by atoms with Crippen molar-refractivity contribution >= 4 is 56.6 Å². The lowest BCUT2D eigenvalue weighted by Gasteiger charge is -2.27. The Balaban J connectivity index is 1.28. The number of nitrogens with one attached hydrogen (secondary N) is 1. The predicted molar refractivity (Wildman–Crippen MR) is 146 cm³/mol. The third kappa shape index (κ3) is 6.15. The molecule has 0 bridgehead atoms. The van der Waals surface area contributed by atoms with Gasteiger partial charge in [0.15, 0.2) is 5.82 Å². The number of aliphatic imine (C=N–C) groups is 1. The van der Waals surface area contributed by atoms with Crippen LogP contribution in [-0.4, -0.2) is 50.7 Å². The molecule has 2 aromatic carbocycles. The third-order valence-corrected chi connectivity index (χ3v) is 8.70. The lowest BCUT2D eigenvalue weighted by Crippen LogP contribution is -2.32. The van der Waals surface area contributed by atoms with Crippen molar-refractivity contribution in [3.8, 4) is 11.5 Å². The first kappa shape index (κ1) is 26.1. The van der Waals surface area contributed by atoms with Gasteiger partial charge in [-0.25, -0.2) is 17.8 Å². The number of ether oxygens (including phenoxy) is 1. The van der Waals surface area contributed by atoms with Crippen LogP contribution in [0.5, 0.6) is 11.5 Å². The van der Waals surface area contributed by atoms with E-state index in [0.717, 1.165) is 56.7 Å². The summed E-state index contributed by atoms with van der Waals surface area (Å²) >= 11 is 13.8. The van der Waals surface area contributed by atoms with Gasteiger partial charge in [0.05, 0.1) is 17.1 Å². The van der Waals surface area contributed by atoms with Crippen molar-refractivity contribution in [3.63, 3.8) is 0 Å².